The monoisotopic (exact) mass is 294 g/mol. The second kappa shape index (κ2) is 10.7. The zero-order valence-electron chi connectivity index (χ0n) is 13.1. The molecule has 1 aromatic rings. The van der Waals surface area contributed by atoms with Crippen LogP contribution >= 0.6 is 0 Å². The third-order valence-corrected chi connectivity index (χ3v) is 3.59. The molecule has 4 nitrogen and oxygen atoms in total. The van der Waals surface area contributed by atoms with Gasteiger partial charge in [0.25, 0.3) is 0 Å². The standard InChI is InChI=1S/C16H27BO4/c1-3-4-5-6-7-8-9-16(21-17(18)19)14-10-12-15(20-2)13-11-14/h10-13,16,18-19H,3-9H2,1-2H3. The minimum Gasteiger partial charge on any atom is -0.497 e. The van der Waals surface area contributed by atoms with Crippen molar-refractivity contribution in [2.45, 2.75) is 58.0 Å². The summed E-state index contributed by atoms with van der Waals surface area (Å²) >= 11 is 0. The first-order valence-electron chi connectivity index (χ1n) is 7.83. The molecular weight excluding hydrogens is 267 g/mol. The van der Waals surface area contributed by atoms with Crippen LogP contribution in [-0.2, 0) is 4.65 Å². The van der Waals surface area contributed by atoms with Gasteiger partial charge in [-0.05, 0) is 24.1 Å². The van der Waals surface area contributed by atoms with Gasteiger partial charge in [-0.25, -0.2) is 0 Å². The maximum atomic E-state index is 9.07. The summed E-state index contributed by atoms with van der Waals surface area (Å²) in [7, 11) is -0.117. The first kappa shape index (κ1) is 18.0. The van der Waals surface area contributed by atoms with Gasteiger partial charge in [-0.15, -0.1) is 0 Å². The third kappa shape index (κ3) is 7.51. The van der Waals surface area contributed by atoms with Crippen LogP contribution in [0.2, 0.25) is 0 Å². The fraction of sp³-hybridized carbons (Fsp3) is 0.625. The highest BCUT2D eigenvalue weighted by molar-refractivity contribution is 6.32. The van der Waals surface area contributed by atoms with E-state index in [1.54, 1.807) is 7.11 Å². The molecule has 0 bridgehead atoms. The van der Waals surface area contributed by atoms with Crippen LogP contribution in [-0.4, -0.2) is 24.5 Å². The molecule has 2 N–H and O–H groups in total. The largest absolute Gasteiger partial charge is 0.634 e. The Morgan fingerprint density at radius 3 is 2.19 bits per heavy atom. The summed E-state index contributed by atoms with van der Waals surface area (Å²) in [5.41, 5.74) is 0.942. The first-order valence-corrected chi connectivity index (χ1v) is 7.83. The molecule has 118 valence electrons. The number of methoxy groups -OCH3 is 1. The van der Waals surface area contributed by atoms with Gasteiger partial charge in [0.1, 0.15) is 5.75 Å². The molecule has 0 aliphatic carbocycles. The molecule has 0 heterocycles. The summed E-state index contributed by atoms with van der Waals surface area (Å²) in [6.45, 7) is 2.20. The van der Waals surface area contributed by atoms with E-state index in [1.807, 2.05) is 24.3 Å². The quantitative estimate of drug-likeness (QED) is 0.484. The molecule has 0 aliphatic rings. The van der Waals surface area contributed by atoms with E-state index in [0.717, 1.165) is 30.6 Å². The number of unbranched alkanes of at least 4 members (excludes halogenated alkanes) is 5. The van der Waals surface area contributed by atoms with Gasteiger partial charge >= 0.3 is 7.32 Å². The number of benzene rings is 1. The Balaban J connectivity index is 2.46. The predicted molar refractivity (Wildman–Crippen MR) is 85.0 cm³/mol. The summed E-state index contributed by atoms with van der Waals surface area (Å²) in [6.07, 6.45) is 7.70. The van der Waals surface area contributed by atoms with Crippen molar-refractivity contribution in [2.75, 3.05) is 7.11 Å². The normalized spacial score (nSPS) is 12.2. The van der Waals surface area contributed by atoms with Crippen LogP contribution in [0.1, 0.15) is 63.5 Å². The molecule has 1 unspecified atom stereocenters. The zero-order valence-corrected chi connectivity index (χ0v) is 13.1. The molecule has 0 aliphatic heterocycles. The average Bonchev–Trinajstić information content (AvgIpc) is 2.49. The molecule has 1 aromatic carbocycles. The average molecular weight is 294 g/mol. The smallest absolute Gasteiger partial charge is 0.497 e. The molecule has 0 spiro atoms. The molecule has 0 saturated carbocycles. The Hall–Kier alpha value is -1.04. The highest BCUT2D eigenvalue weighted by atomic mass is 16.6. The number of rotatable bonds is 11. The Kier molecular flexibility index (Phi) is 9.14. The minimum atomic E-state index is -1.74. The SMILES string of the molecule is CCCCCCCCC(OB(O)O)c1ccc(OC)cc1. The highest BCUT2D eigenvalue weighted by Gasteiger charge is 2.19. The second-order valence-electron chi connectivity index (χ2n) is 5.28. The molecule has 21 heavy (non-hydrogen) atoms. The minimum absolute atomic E-state index is 0.290. The molecule has 1 atom stereocenters. The maximum absolute atomic E-state index is 9.07. The molecular formula is C16H27BO4. The first-order chi connectivity index (χ1) is 10.2. The maximum Gasteiger partial charge on any atom is 0.634 e. The van der Waals surface area contributed by atoms with Crippen LogP contribution in [0, 0.1) is 0 Å². The van der Waals surface area contributed by atoms with Gasteiger partial charge in [0.05, 0.1) is 13.2 Å². The molecule has 0 fully saturated rings. The van der Waals surface area contributed by atoms with Crippen molar-refractivity contribution in [2.24, 2.45) is 0 Å². The van der Waals surface area contributed by atoms with Crippen molar-refractivity contribution >= 4 is 7.32 Å². The zero-order chi connectivity index (χ0) is 15.5. The fourth-order valence-corrected chi connectivity index (χ4v) is 2.39. The number of hydrogen-bond donors (Lipinski definition) is 2. The molecule has 0 amide bonds. The second-order valence-corrected chi connectivity index (χ2v) is 5.28. The predicted octanol–water partition coefficient (Wildman–Crippen LogP) is 3.47. The van der Waals surface area contributed by atoms with Crippen molar-refractivity contribution in [3.05, 3.63) is 29.8 Å². The van der Waals surface area contributed by atoms with Gasteiger partial charge in [0.15, 0.2) is 0 Å². The molecule has 0 radical (unpaired) electrons. The van der Waals surface area contributed by atoms with Crippen molar-refractivity contribution in [1.82, 2.24) is 0 Å². The van der Waals surface area contributed by atoms with E-state index < -0.39 is 7.32 Å². The van der Waals surface area contributed by atoms with Gasteiger partial charge in [-0.2, -0.15) is 0 Å². The van der Waals surface area contributed by atoms with E-state index in [-0.39, 0.29) is 6.10 Å². The van der Waals surface area contributed by atoms with Gasteiger partial charge < -0.3 is 19.4 Å². The topological polar surface area (TPSA) is 58.9 Å². The van der Waals surface area contributed by atoms with Crippen molar-refractivity contribution in [1.29, 1.82) is 0 Å². The molecule has 1 rings (SSSR count). The van der Waals surface area contributed by atoms with Crippen molar-refractivity contribution < 1.29 is 19.4 Å². The van der Waals surface area contributed by atoms with Crippen molar-refractivity contribution in [3.8, 4) is 5.75 Å². The summed E-state index contributed by atoms with van der Waals surface area (Å²) in [5, 5.41) is 18.1. The Morgan fingerprint density at radius 2 is 1.62 bits per heavy atom. The van der Waals surface area contributed by atoms with Crippen LogP contribution in [0.5, 0.6) is 5.75 Å². The van der Waals surface area contributed by atoms with E-state index in [1.165, 1.54) is 25.7 Å². The van der Waals surface area contributed by atoms with Crippen LogP contribution in [0.4, 0.5) is 0 Å². The van der Waals surface area contributed by atoms with E-state index in [9.17, 15) is 0 Å². The van der Waals surface area contributed by atoms with Crippen molar-refractivity contribution in [3.63, 3.8) is 0 Å². The van der Waals surface area contributed by atoms with Crippen LogP contribution in [0.15, 0.2) is 24.3 Å². The van der Waals surface area contributed by atoms with E-state index in [4.69, 9.17) is 19.4 Å². The molecule has 0 aromatic heterocycles. The lowest BCUT2D eigenvalue weighted by Gasteiger charge is -2.18. The number of hydrogen-bond acceptors (Lipinski definition) is 4. The summed E-state index contributed by atoms with van der Waals surface area (Å²) in [5.74, 6) is 0.779. The van der Waals surface area contributed by atoms with E-state index in [0.29, 0.717) is 0 Å². The van der Waals surface area contributed by atoms with Crippen LogP contribution in [0.3, 0.4) is 0 Å². The lowest BCUT2D eigenvalue weighted by atomic mass is 10.0. The summed E-state index contributed by atoms with van der Waals surface area (Å²) in [4.78, 5) is 0. The Labute approximate surface area is 128 Å². The molecule has 0 saturated heterocycles. The lowest BCUT2D eigenvalue weighted by Crippen LogP contribution is -2.20. The van der Waals surface area contributed by atoms with Gasteiger partial charge in [-0.1, -0.05) is 57.6 Å². The fourth-order valence-electron chi connectivity index (χ4n) is 2.39. The Bertz CT molecular complexity index is 367. The highest BCUT2D eigenvalue weighted by Crippen LogP contribution is 2.26. The van der Waals surface area contributed by atoms with Gasteiger partial charge in [0.2, 0.25) is 0 Å². The summed E-state index contributed by atoms with van der Waals surface area (Å²) in [6, 6.07) is 7.53. The number of ether oxygens (including phenoxy) is 1. The van der Waals surface area contributed by atoms with Gasteiger partial charge in [0, 0.05) is 0 Å². The van der Waals surface area contributed by atoms with E-state index >= 15 is 0 Å². The Morgan fingerprint density at radius 1 is 1.00 bits per heavy atom. The molecule has 5 heteroatoms. The van der Waals surface area contributed by atoms with Crippen LogP contribution in [0.25, 0.3) is 0 Å². The van der Waals surface area contributed by atoms with E-state index in [2.05, 4.69) is 6.92 Å². The summed E-state index contributed by atoms with van der Waals surface area (Å²) < 4.78 is 10.3. The van der Waals surface area contributed by atoms with Crippen LogP contribution < -0.4 is 4.74 Å². The third-order valence-electron chi connectivity index (χ3n) is 3.59. The van der Waals surface area contributed by atoms with Gasteiger partial charge in [-0.3, -0.25) is 0 Å². The lowest BCUT2D eigenvalue weighted by molar-refractivity contribution is 0.110.